The second-order valence-electron chi connectivity index (χ2n) is 14.7. The van der Waals surface area contributed by atoms with Crippen LogP contribution in [0.25, 0.3) is 0 Å². The maximum absolute atomic E-state index is 11.7. The lowest BCUT2D eigenvalue weighted by Gasteiger charge is -2.40. The summed E-state index contributed by atoms with van der Waals surface area (Å²) in [6.45, 7) is 22.2. The van der Waals surface area contributed by atoms with Gasteiger partial charge in [0.25, 0.3) is 0 Å². The SMILES string of the molecule is COC(=O)C[C@@H]1[C@H]2O[C@H]2C[C@H]1O[Si](C)(C)C(C)(C)C.COC(=O)[C@@H]1[C@@H]2[C@H]1[C@@H](O)C[C@H]2O[Si](C)(C)C(C)(C)C. The molecule has 10 heteroatoms. The van der Waals surface area contributed by atoms with Crippen LogP contribution in [0.5, 0.6) is 0 Å². The number of aliphatic hydroxyl groups is 1. The molecule has 0 bridgehead atoms. The smallest absolute Gasteiger partial charge is 0.309 e. The Balaban J connectivity index is 0.000000211. The molecule has 3 aliphatic carbocycles. The molecule has 0 unspecified atom stereocenters. The third kappa shape index (κ3) is 6.57. The highest BCUT2D eigenvalue weighted by Gasteiger charge is 2.67. The first-order chi connectivity index (χ1) is 17.3. The van der Waals surface area contributed by atoms with E-state index in [4.69, 9.17) is 23.1 Å². The average Bonchev–Trinajstić information content (AvgIpc) is 3.65. The van der Waals surface area contributed by atoms with Crippen LogP contribution in [-0.4, -0.2) is 78.4 Å². The standard InChI is InChI=1S/2C14H26O4Si/c1-14(2,3)19(5,6)18-10-8-11-13(17-11)9(10)7-12(15)16-4;1-14(2,3)19(5,6)18-9-7-8(15)10-11(9)12(10)13(16)17-4/h9-11,13H,7-8H2,1-6H3;8-12,15H,7H2,1-6H3/t9-,10+,11-,13+;8-,9+,10+,11-,12-/m00/s1. The van der Waals surface area contributed by atoms with Crippen molar-refractivity contribution in [2.75, 3.05) is 14.2 Å². The maximum Gasteiger partial charge on any atom is 0.309 e. The molecule has 1 saturated heterocycles. The third-order valence-corrected chi connectivity index (χ3v) is 19.1. The van der Waals surface area contributed by atoms with Crippen LogP contribution < -0.4 is 0 Å². The number of epoxide rings is 1. The highest BCUT2D eigenvalue weighted by Crippen LogP contribution is 2.60. The van der Waals surface area contributed by atoms with Crippen molar-refractivity contribution < 1.29 is 37.8 Å². The summed E-state index contributed by atoms with van der Waals surface area (Å²) in [5.41, 5.74) is 0. The fourth-order valence-electron chi connectivity index (χ4n) is 5.57. The Labute approximate surface area is 231 Å². The molecule has 38 heavy (non-hydrogen) atoms. The van der Waals surface area contributed by atoms with Crippen molar-refractivity contribution in [3.63, 3.8) is 0 Å². The van der Waals surface area contributed by atoms with Crippen LogP contribution in [-0.2, 0) is 32.7 Å². The number of hydrogen-bond donors (Lipinski definition) is 1. The summed E-state index contributed by atoms with van der Waals surface area (Å²) in [5.74, 6) is -0.114. The Kier molecular flexibility index (Phi) is 9.10. The van der Waals surface area contributed by atoms with E-state index in [-0.39, 0.29) is 64.0 Å². The van der Waals surface area contributed by atoms with Crippen LogP contribution in [0.15, 0.2) is 0 Å². The molecule has 8 nitrogen and oxygen atoms in total. The number of esters is 2. The quantitative estimate of drug-likeness (QED) is 0.261. The van der Waals surface area contributed by atoms with Crippen molar-refractivity contribution in [3.8, 4) is 0 Å². The molecule has 1 aliphatic heterocycles. The highest BCUT2D eigenvalue weighted by molar-refractivity contribution is 6.74. The van der Waals surface area contributed by atoms with Gasteiger partial charge in [0, 0.05) is 24.2 Å². The minimum Gasteiger partial charge on any atom is -0.469 e. The predicted molar refractivity (Wildman–Crippen MR) is 151 cm³/mol. The lowest BCUT2D eigenvalue weighted by atomic mass is 10.0. The summed E-state index contributed by atoms with van der Waals surface area (Å²) in [6.07, 6.45) is 2.29. The molecule has 0 radical (unpaired) electrons. The Bertz CT molecular complexity index is 849. The van der Waals surface area contributed by atoms with E-state index in [2.05, 4.69) is 67.7 Å². The Morgan fingerprint density at radius 3 is 1.84 bits per heavy atom. The van der Waals surface area contributed by atoms with Crippen LogP contribution in [0, 0.1) is 23.7 Å². The number of rotatable bonds is 7. The molecular weight excluding hydrogens is 520 g/mol. The number of ether oxygens (including phenoxy) is 3. The summed E-state index contributed by atoms with van der Waals surface area (Å²) < 4.78 is 28.0. The molecule has 4 rings (SSSR count). The van der Waals surface area contributed by atoms with Crippen LogP contribution in [0.1, 0.15) is 60.8 Å². The van der Waals surface area contributed by atoms with Gasteiger partial charge < -0.3 is 28.2 Å². The van der Waals surface area contributed by atoms with Gasteiger partial charge in [-0.2, -0.15) is 0 Å². The van der Waals surface area contributed by atoms with Crippen molar-refractivity contribution in [3.05, 3.63) is 0 Å². The molecular formula is C28H52O8Si2. The minimum absolute atomic E-state index is 0.0185. The largest absolute Gasteiger partial charge is 0.469 e. The topological polar surface area (TPSA) is 104 Å². The Morgan fingerprint density at radius 1 is 0.842 bits per heavy atom. The number of aliphatic hydroxyl groups excluding tert-OH is 1. The maximum atomic E-state index is 11.7. The highest BCUT2D eigenvalue weighted by atomic mass is 28.4. The molecule has 0 aromatic carbocycles. The van der Waals surface area contributed by atoms with Crippen LogP contribution in [0.4, 0.5) is 0 Å². The van der Waals surface area contributed by atoms with E-state index in [0.717, 1.165) is 6.42 Å². The fraction of sp³-hybridized carbons (Fsp3) is 0.929. The number of carbonyl (C=O) groups excluding carboxylic acids is 2. The van der Waals surface area contributed by atoms with Crippen molar-refractivity contribution in [2.24, 2.45) is 23.7 Å². The third-order valence-electron chi connectivity index (χ3n) is 10.1. The lowest BCUT2D eigenvalue weighted by molar-refractivity contribution is -0.144. The van der Waals surface area contributed by atoms with E-state index in [0.29, 0.717) is 18.9 Å². The summed E-state index contributed by atoms with van der Waals surface area (Å²) in [6, 6.07) is 0. The van der Waals surface area contributed by atoms with Crippen molar-refractivity contribution in [1.82, 2.24) is 0 Å². The Hall–Kier alpha value is -0.786. The molecule has 9 atom stereocenters. The summed E-state index contributed by atoms with van der Waals surface area (Å²) in [7, 11) is -0.796. The van der Waals surface area contributed by atoms with Crippen molar-refractivity contribution >= 4 is 28.6 Å². The van der Waals surface area contributed by atoms with Crippen molar-refractivity contribution in [2.45, 2.75) is 128 Å². The summed E-state index contributed by atoms with van der Waals surface area (Å²) in [5, 5.41) is 10.4. The van der Waals surface area contributed by atoms with Gasteiger partial charge in [0.15, 0.2) is 16.6 Å². The molecule has 4 aliphatic rings. The van der Waals surface area contributed by atoms with Gasteiger partial charge in [-0.3, -0.25) is 9.59 Å². The molecule has 4 fully saturated rings. The number of methoxy groups -OCH3 is 2. The normalized spacial score (nSPS) is 36.0. The first kappa shape index (κ1) is 31.7. The van der Waals surface area contributed by atoms with E-state index in [1.54, 1.807) is 0 Å². The van der Waals surface area contributed by atoms with E-state index in [9.17, 15) is 14.7 Å². The Morgan fingerprint density at radius 2 is 1.37 bits per heavy atom. The second kappa shape index (κ2) is 10.9. The lowest BCUT2D eigenvalue weighted by Crippen LogP contribution is -2.45. The summed E-state index contributed by atoms with van der Waals surface area (Å²) in [4.78, 5) is 23.2. The molecule has 3 saturated carbocycles. The second-order valence-corrected chi connectivity index (χ2v) is 24.2. The van der Waals surface area contributed by atoms with E-state index >= 15 is 0 Å². The molecule has 0 aromatic heterocycles. The van der Waals surface area contributed by atoms with Crippen LogP contribution in [0.2, 0.25) is 36.3 Å². The van der Waals surface area contributed by atoms with Gasteiger partial charge in [-0.15, -0.1) is 0 Å². The minimum atomic E-state index is -1.85. The van der Waals surface area contributed by atoms with E-state index in [1.165, 1.54) is 14.2 Å². The number of hydrogen-bond acceptors (Lipinski definition) is 8. The van der Waals surface area contributed by atoms with Crippen molar-refractivity contribution in [1.29, 1.82) is 0 Å². The number of fused-ring (bicyclic) bond motifs is 2. The molecule has 0 aromatic rings. The first-order valence-electron chi connectivity index (χ1n) is 14.1. The molecule has 1 heterocycles. The first-order valence-corrected chi connectivity index (χ1v) is 19.9. The van der Waals surface area contributed by atoms with Gasteiger partial charge in [-0.25, -0.2) is 0 Å². The number of carbonyl (C=O) groups is 2. The van der Waals surface area contributed by atoms with E-state index < -0.39 is 22.7 Å². The van der Waals surface area contributed by atoms with Gasteiger partial charge in [0.1, 0.15) is 0 Å². The average molecular weight is 573 g/mol. The molecule has 0 amide bonds. The van der Waals surface area contributed by atoms with Gasteiger partial charge in [0.2, 0.25) is 0 Å². The van der Waals surface area contributed by atoms with Crippen LogP contribution in [0.3, 0.4) is 0 Å². The van der Waals surface area contributed by atoms with Gasteiger partial charge in [-0.1, -0.05) is 41.5 Å². The van der Waals surface area contributed by atoms with E-state index in [1.807, 2.05) is 0 Å². The van der Waals surface area contributed by atoms with Gasteiger partial charge in [-0.05, 0) is 42.7 Å². The molecule has 1 N–H and O–H groups in total. The molecule has 0 spiro atoms. The van der Waals surface area contributed by atoms with Crippen LogP contribution >= 0.6 is 0 Å². The summed E-state index contributed by atoms with van der Waals surface area (Å²) >= 11 is 0. The fourth-order valence-corrected chi connectivity index (χ4v) is 8.32. The zero-order valence-electron chi connectivity index (χ0n) is 25.6. The van der Waals surface area contributed by atoms with Gasteiger partial charge >= 0.3 is 11.9 Å². The zero-order valence-corrected chi connectivity index (χ0v) is 27.6. The van der Waals surface area contributed by atoms with Gasteiger partial charge in [0.05, 0.1) is 57.1 Å². The molecule has 220 valence electrons. The monoisotopic (exact) mass is 572 g/mol. The zero-order chi connectivity index (χ0) is 29.0. The predicted octanol–water partition coefficient (Wildman–Crippen LogP) is 4.90.